The van der Waals surface area contributed by atoms with Crippen LogP contribution in [0, 0.1) is 0 Å². The van der Waals surface area contributed by atoms with Gasteiger partial charge in [0.25, 0.3) is 9.05 Å². The molecule has 0 heterocycles. The lowest BCUT2D eigenvalue weighted by Crippen LogP contribution is -2.13. The molecule has 0 aliphatic carbocycles. The molecular weight excluding hydrogens is 316 g/mol. The molecule has 2 nitrogen and oxygen atoms in total. The zero-order chi connectivity index (χ0) is 16.9. The van der Waals surface area contributed by atoms with Gasteiger partial charge in [-0.05, 0) is 39.5 Å². The molecule has 0 aromatic heterocycles. The normalized spacial score (nSPS) is 13.6. The van der Waals surface area contributed by atoms with Gasteiger partial charge in [0.1, 0.15) is 0 Å². The number of benzene rings is 2. The predicted molar refractivity (Wildman–Crippen MR) is 94.4 cm³/mol. The topological polar surface area (TPSA) is 34.1 Å². The van der Waals surface area contributed by atoms with Gasteiger partial charge in [0.05, 0.1) is 4.90 Å². The molecule has 0 unspecified atom stereocenters. The second-order valence-corrected chi connectivity index (χ2v) is 10.4. The SMILES string of the molecule is CC(C)(C)c1cc(S(=O)(=O)Cl)c2cc(C(C)(C)C)ccc2c1. The van der Waals surface area contributed by atoms with E-state index in [0.717, 1.165) is 16.5 Å². The predicted octanol–water partition coefficient (Wildman–Crippen LogP) is 5.36. The van der Waals surface area contributed by atoms with Gasteiger partial charge in [-0.2, -0.15) is 0 Å². The highest BCUT2D eigenvalue weighted by molar-refractivity contribution is 8.14. The highest BCUT2D eigenvalue weighted by atomic mass is 35.7. The van der Waals surface area contributed by atoms with E-state index in [1.165, 1.54) is 0 Å². The summed E-state index contributed by atoms with van der Waals surface area (Å²) in [4.78, 5) is 0.197. The summed E-state index contributed by atoms with van der Waals surface area (Å²) in [6.07, 6.45) is 0. The summed E-state index contributed by atoms with van der Waals surface area (Å²) in [5.74, 6) is 0. The quantitative estimate of drug-likeness (QED) is 0.656. The molecule has 0 bridgehead atoms. The molecule has 0 spiro atoms. The second-order valence-electron chi connectivity index (χ2n) is 7.85. The van der Waals surface area contributed by atoms with Gasteiger partial charge in [0, 0.05) is 16.1 Å². The number of hydrogen-bond donors (Lipinski definition) is 0. The molecule has 2 aromatic rings. The van der Waals surface area contributed by atoms with Gasteiger partial charge in [-0.3, -0.25) is 0 Å². The van der Waals surface area contributed by atoms with E-state index in [0.29, 0.717) is 5.39 Å². The Morgan fingerprint density at radius 2 is 1.36 bits per heavy atom. The molecule has 2 aromatic carbocycles. The van der Waals surface area contributed by atoms with E-state index in [9.17, 15) is 8.42 Å². The Labute approximate surface area is 137 Å². The van der Waals surface area contributed by atoms with Crippen LogP contribution in [0.2, 0.25) is 0 Å². The van der Waals surface area contributed by atoms with Crippen LogP contribution in [0.25, 0.3) is 10.8 Å². The zero-order valence-corrected chi connectivity index (χ0v) is 15.6. The van der Waals surface area contributed by atoms with Crippen molar-refractivity contribution in [3.8, 4) is 0 Å². The summed E-state index contributed by atoms with van der Waals surface area (Å²) >= 11 is 0. The number of halogens is 1. The molecule has 0 aliphatic heterocycles. The van der Waals surface area contributed by atoms with Crippen LogP contribution in [-0.4, -0.2) is 8.42 Å². The van der Waals surface area contributed by atoms with Crippen molar-refractivity contribution in [1.82, 2.24) is 0 Å². The Morgan fingerprint density at radius 3 is 1.82 bits per heavy atom. The molecule has 0 saturated carbocycles. The molecule has 0 amide bonds. The zero-order valence-electron chi connectivity index (χ0n) is 14.0. The van der Waals surface area contributed by atoms with Crippen LogP contribution in [0.15, 0.2) is 35.2 Å². The summed E-state index contributed by atoms with van der Waals surface area (Å²) in [7, 11) is 1.90. The van der Waals surface area contributed by atoms with Crippen LogP contribution < -0.4 is 0 Å². The molecule has 0 aliphatic rings. The van der Waals surface area contributed by atoms with E-state index in [-0.39, 0.29) is 15.7 Å². The highest BCUT2D eigenvalue weighted by Crippen LogP contribution is 2.35. The Hall–Kier alpha value is -1.06. The Bertz CT molecular complexity index is 823. The van der Waals surface area contributed by atoms with Crippen molar-refractivity contribution in [3.05, 3.63) is 41.5 Å². The fourth-order valence-electron chi connectivity index (χ4n) is 2.42. The van der Waals surface area contributed by atoms with E-state index in [2.05, 4.69) is 47.6 Å². The molecule has 0 saturated heterocycles. The van der Waals surface area contributed by atoms with Gasteiger partial charge in [-0.1, -0.05) is 59.7 Å². The third-order valence-electron chi connectivity index (χ3n) is 3.91. The summed E-state index contributed by atoms with van der Waals surface area (Å²) in [5, 5.41) is 1.59. The fourth-order valence-corrected chi connectivity index (χ4v) is 3.52. The lowest BCUT2D eigenvalue weighted by Gasteiger charge is -2.23. The minimum atomic E-state index is -3.80. The molecule has 120 valence electrons. The average molecular weight is 339 g/mol. The summed E-state index contributed by atoms with van der Waals surface area (Å²) in [5.41, 5.74) is 1.85. The largest absolute Gasteiger partial charge is 0.261 e. The standard InChI is InChI=1S/C18H23ClO2S/c1-17(2,3)13-8-7-12-9-14(18(4,5)6)11-16(15(12)10-13)22(19,20)21/h7-11H,1-6H3. The van der Waals surface area contributed by atoms with Crippen molar-refractivity contribution in [2.45, 2.75) is 57.3 Å². The van der Waals surface area contributed by atoms with E-state index in [1.54, 1.807) is 6.07 Å². The average Bonchev–Trinajstić information content (AvgIpc) is 2.33. The van der Waals surface area contributed by atoms with E-state index < -0.39 is 9.05 Å². The van der Waals surface area contributed by atoms with Crippen LogP contribution in [0.5, 0.6) is 0 Å². The maximum Gasteiger partial charge on any atom is 0.261 e. The Balaban J connectivity index is 2.90. The fraction of sp³-hybridized carbons (Fsp3) is 0.444. The van der Waals surface area contributed by atoms with Crippen molar-refractivity contribution in [2.24, 2.45) is 0 Å². The lowest BCUT2D eigenvalue weighted by atomic mass is 9.83. The van der Waals surface area contributed by atoms with Crippen LogP contribution >= 0.6 is 10.7 Å². The lowest BCUT2D eigenvalue weighted by molar-refractivity contribution is 0.586. The first kappa shape index (κ1) is 17.3. The monoisotopic (exact) mass is 338 g/mol. The first-order valence-electron chi connectivity index (χ1n) is 7.33. The van der Waals surface area contributed by atoms with Crippen molar-refractivity contribution >= 4 is 30.5 Å². The molecule has 0 atom stereocenters. The second kappa shape index (κ2) is 5.24. The summed E-state index contributed by atoms with van der Waals surface area (Å²) in [6.45, 7) is 12.5. The Kier molecular flexibility index (Phi) is 4.12. The van der Waals surface area contributed by atoms with Crippen molar-refractivity contribution in [3.63, 3.8) is 0 Å². The van der Waals surface area contributed by atoms with Crippen molar-refractivity contribution in [1.29, 1.82) is 0 Å². The van der Waals surface area contributed by atoms with Crippen LogP contribution in [0.1, 0.15) is 52.7 Å². The number of rotatable bonds is 1. The highest BCUT2D eigenvalue weighted by Gasteiger charge is 2.22. The molecule has 2 rings (SSSR count). The summed E-state index contributed by atoms with van der Waals surface area (Å²) < 4.78 is 24.1. The maximum atomic E-state index is 12.1. The number of fused-ring (bicyclic) bond motifs is 1. The minimum Gasteiger partial charge on any atom is -0.207 e. The van der Waals surface area contributed by atoms with Crippen LogP contribution in [0.3, 0.4) is 0 Å². The van der Waals surface area contributed by atoms with E-state index in [4.69, 9.17) is 10.7 Å². The van der Waals surface area contributed by atoms with Gasteiger partial charge < -0.3 is 0 Å². The Morgan fingerprint density at radius 1 is 0.818 bits per heavy atom. The van der Waals surface area contributed by atoms with E-state index in [1.807, 2.05) is 18.2 Å². The van der Waals surface area contributed by atoms with Crippen LogP contribution in [-0.2, 0) is 19.9 Å². The third kappa shape index (κ3) is 3.47. The number of hydrogen-bond acceptors (Lipinski definition) is 2. The van der Waals surface area contributed by atoms with Gasteiger partial charge in [-0.25, -0.2) is 8.42 Å². The molecule has 0 N–H and O–H groups in total. The first-order valence-corrected chi connectivity index (χ1v) is 9.64. The van der Waals surface area contributed by atoms with E-state index >= 15 is 0 Å². The molecule has 0 fully saturated rings. The van der Waals surface area contributed by atoms with Gasteiger partial charge in [0.2, 0.25) is 0 Å². The van der Waals surface area contributed by atoms with Crippen molar-refractivity contribution in [2.75, 3.05) is 0 Å². The minimum absolute atomic E-state index is 0.0514. The molecule has 0 radical (unpaired) electrons. The van der Waals surface area contributed by atoms with Gasteiger partial charge in [-0.15, -0.1) is 0 Å². The first-order chi connectivity index (χ1) is 9.80. The molecule has 4 heteroatoms. The molecular formula is C18H23ClO2S. The van der Waals surface area contributed by atoms with Gasteiger partial charge >= 0.3 is 0 Å². The van der Waals surface area contributed by atoms with Crippen LogP contribution in [0.4, 0.5) is 0 Å². The van der Waals surface area contributed by atoms with Crippen molar-refractivity contribution < 1.29 is 8.42 Å². The smallest absolute Gasteiger partial charge is 0.207 e. The molecule has 22 heavy (non-hydrogen) atoms. The third-order valence-corrected chi connectivity index (χ3v) is 5.27. The summed E-state index contributed by atoms with van der Waals surface area (Å²) in [6, 6.07) is 9.73. The maximum absolute atomic E-state index is 12.1. The van der Waals surface area contributed by atoms with Gasteiger partial charge in [0.15, 0.2) is 0 Å².